The summed E-state index contributed by atoms with van der Waals surface area (Å²) in [5, 5.41) is 9.78. The monoisotopic (exact) mass is 232 g/mol. The second-order valence-electron chi connectivity index (χ2n) is 3.22. The van der Waals surface area contributed by atoms with Gasteiger partial charge in [0, 0.05) is 10.0 Å². The normalized spacial score (nSPS) is 12.5. The van der Waals surface area contributed by atoms with Crippen LogP contribution < -0.4 is 0 Å². The molecule has 14 heavy (non-hydrogen) atoms. The van der Waals surface area contributed by atoms with Gasteiger partial charge in [-0.1, -0.05) is 30.1 Å². The van der Waals surface area contributed by atoms with Gasteiger partial charge in [0.15, 0.2) is 0 Å². The highest BCUT2D eigenvalue weighted by Crippen LogP contribution is 2.21. The van der Waals surface area contributed by atoms with Crippen LogP contribution in [0.25, 0.3) is 0 Å². The van der Waals surface area contributed by atoms with Crippen LogP contribution in [-0.2, 0) is 11.2 Å². The van der Waals surface area contributed by atoms with Gasteiger partial charge in [0.05, 0.1) is 5.92 Å². The van der Waals surface area contributed by atoms with Crippen molar-refractivity contribution in [3.8, 4) is 0 Å². The van der Waals surface area contributed by atoms with Crippen molar-refractivity contribution in [1.82, 2.24) is 0 Å². The second-order valence-corrected chi connectivity index (χ2v) is 4.09. The second kappa shape index (κ2) is 4.67. The number of aliphatic carboxylic acids is 1. The lowest BCUT2D eigenvalue weighted by Gasteiger charge is -2.06. The van der Waals surface area contributed by atoms with Crippen molar-refractivity contribution in [2.24, 2.45) is 5.92 Å². The molecule has 0 aliphatic heterocycles. The van der Waals surface area contributed by atoms with Crippen LogP contribution in [0.1, 0.15) is 12.5 Å². The van der Waals surface area contributed by atoms with Crippen LogP contribution >= 0.6 is 23.2 Å². The molecule has 0 fully saturated rings. The SMILES string of the molecule is C[C@@H](Cc1cc(Cl)cc(Cl)c1)C(=O)O. The van der Waals surface area contributed by atoms with Gasteiger partial charge in [-0.25, -0.2) is 0 Å². The molecule has 1 aromatic carbocycles. The summed E-state index contributed by atoms with van der Waals surface area (Å²) >= 11 is 11.6. The predicted molar refractivity (Wildman–Crippen MR) is 57.0 cm³/mol. The molecule has 0 heterocycles. The summed E-state index contributed by atoms with van der Waals surface area (Å²) in [4.78, 5) is 10.6. The Labute approximate surface area is 92.5 Å². The summed E-state index contributed by atoms with van der Waals surface area (Å²) < 4.78 is 0. The average molecular weight is 233 g/mol. The topological polar surface area (TPSA) is 37.3 Å². The Morgan fingerprint density at radius 2 is 1.86 bits per heavy atom. The Bertz CT molecular complexity index is 330. The molecule has 0 saturated carbocycles. The van der Waals surface area contributed by atoms with Crippen molar-refractivity contribution in [1.29, 1.82) is 0 Å². The summed E-state index contributed by atoms with van der Waals surface area (Å²) in [6.45, 7) is 1.65. The highest BCUT2D eigenvalue weighted by Gasteiger charge is 2.12. The van der Waals surface area contributed by atoms with Crippen molar-refractivity contribution < 1.29 is 9.90 Å². The van der Waals surface area contributed by atoms with E-state index in [0.717, 1.165) is 5.56 Å². The van der Waals surface area contributed by atoms with Crippen molar-refractivity contribution in [3.05, 3.63) is 33.8 Å². The van der Waals surface area contributed by atoms with E-state index in [2.05, 4.69) is 0 Å². The largest absolute Gasteiger partial charge is 0.481 e. The number of halogens is 2. The molecule has 0 amide bonds. The maximum Gasteiger partial charge on any atom is 0.306 e. The number of hydrogen-bond donors (Lipinski definition) is 1. The molecule has 0 saturated heterocycles. The molecule has 4 heteroatoms. The van der Waals surface area contributed by atoms with E-state index in [4.69, 9.17) is 28.3 Å². The Morgan fingerprint density at radius 3 is 2.29 bits per heavy atom. The Balaban J connectivity index is 2.81. The fourth-order valence-electron chi connectivity index (χ4n) is 1.17. The number of carboxylic acids is 1. The highest BCUT2D eigenvalue weighted by atomic mass is 35.5. The first-order chi connectivity index (χ1) is 6.49. The van der Waals surface area contributed by atoms with E-state index in [1.54, 1.807) is 25.1 Å². The zero-order valence-corrected chi connectivity index (χ0v) is 9.14. The number of carbonyl (C=O) groups is 1. The van der Waals surface area contributed by atoms with Gasteiger partial charge in [-0.15, -0.1) is 0 Å². The van der Waals surface area contributed by atoms with Gasteiger partial charge in [0.2, 0.25) is 0 Å². The van der Waals surface area contributed by atoms with Gasteiger partial charge in [-0.2, -0.15) is 0 Å². The maximum atomic E-state index is 10.6. The van der Waals surface area contributed by atoms with Crippen LogP contribution in [0.15, 0.2) is 18.2 Å². The molecule has 2 nitrogen and oxygen atoms in total. The van der Waals surface area contributed by atoms with Crippen LogP contribution in [0.5, 0.6) is 0 Å². The van der Waals surface area contributed by atoms with Crippen LogP contribution in [0.3, 0.4) is 0 Å². The molecular formula is C10H10Cl2O2. The molecule has 0 radical (unpaired) electrons. The average Bonchev–Trinajstić information content (AvgIpc) is 2.01. The number of hydrogen-bond acceptors (Lipinski definition) is 1. The minimum Gasteiger partial charge on any atom is -0.481 e. The molecular weight excluding hydrogens is 223 g/mol. The molecule has 0 unspecified atom stereocenters. The Morgan fingerprint density at radius 1 is 1.36 bits per heavy atom. The first-order valence-corrected chi connectivity index (χ1v) is 4.92. The van der Waals surface area contributed by atoms with E-state index < -0.39 is 11.9 Å². The third-order valence-corrected chi connectivity index (χ3v) is 2.32. The lowest BCUT2D eigenvalue weighted by molar-refractivity contribution is -0.141. The predicted octanol–water partition coefficient (Wildman–Crippen LogP) is 3.26. The molecule has 0 bridgehead atoms. The number of carboxylic acid groups (broad SMARTS) is 1. The van der Waals surface area contributed by atoms with Crippen LogP contribution in [0.2, 0.25) is 10.0 Å². The number of benzene rings is 1. The summed E-state index contributed by atoms with van der Waals surface area (Å²) in [5.74, 6) is -1.24. The molecule has 0 aliphatic carbocycles. The molecule has 0 spiro atoms. The molecule has 0 aliphatic rings. The fourth-order valence-corrected chi connectivity index (χ4v) is 1.74. The van der Waals surface area contributed by atoms with Crippen LogP contribution in [0.4, 0.5) is 0 Å². The van der Waals surface area contributed by atoms with E-state index in [9.17, 15) is 4.79 Å². The van der Waals surface area contributed by atoms with Crippen LogP contribution in [0, 0.1) is 5.92 Å². The molecule has 76 valence electrons. The molecule has 1 N–H and O–H groups in total. The van der Waals surface area contributed by atoms with Crippen LogP contribution in [-0.4, -0.2) is 11.1 Å². The first-order valence-electron chi connectivity index (χ1n) is 4.17. The van der Waals surface area contributed by atoms with E-state index in [0.29, 0.717) is 16.5 Å². The zero-order chi connectivity index (χ0) is 10.7. The molecule has 1 atom stereocenters. The summed E-state index contributed by atoms with van der Waals surface area (Å²) in [6.07, 6.45) is 0.440. The minimum absolute atomic E-state index is 0.426. The third-order valence-electron chi connectivity index (χ3n) is 1.89. The fraction of sp³-hybridized carbons (Fsp3) is 0.300. The highest BCUT2D eigenvalue weighted by molar-refractivity contribution is 6.34. The lowest BCUT2D eigenvalue weighted by Crippen LogP contribution is -2.12. The van der Waals surface area contributed by atoms with Gasteiger partial charge in [0.25, 0.3) is 0 Å². The van der Waals surface area contributed by atoms with Gasteiger partial charge >= 0.3 is 5.97 Å². The summed E-state index contributed by atoms with van der Waals surface area (Å²) in [5.41, 5.74) is 0.845. The van der Waals surface area contributed by atoms with E-state index in [1.807, 2.05) is 0 Å². The quantitative estimate of drug-likeness (QED) is 0.869. The molecule has 1 aromatic rings. The smallest absolute Gasteiger partial charge is 0.306 e. The van der Waals surface area contributed by atoms with Gasteiger partial charge < -0.3 is 5.11 Å². The Hall–Kier alpha value is -0.730. The van der Waals surface area contributed by atoms with Crippen molar-refractivity contribution in [2.75, 3.05) is 0 Å². The lowest BCUT2D eigenvalue weighted by atomic mass is 10.0. The minimum atomic E-state index is -0.818. The van der Waals surface area contributed by atoms with E-state index >= 15 is 0 Å². The van der Waals surface area contributed by atoms with E-state index in [-0.39, 0.29) is 0 Å². The van der Waals surface area contributed by atoms with Gasteiger partial charge in [0.1, 0.15) is 0 Å². The first kappa shape index (κ1) is 11.3. The molecule has 0 aromatic heterocycles. The van der Waals surface area contributed by atoms with Crippen molar-refractivity contribution in [3.63, 3.8) is 0 Å². The number of rotatable bonds is 3. The standard InChI is InChI=1S/C10H10Cl2O2/c1-6(10(13)14)2-7-3-8(11)5-9(12)4-7/h3-6H,2H2,1H3,(H,13,14)/t6-/m0/s1. The van der Waals surface area contributed by atoms with Gasteiger partial charge in [-0.3, -0.25) is 4.79 Å². The maximum absolute atomic E-state index is 10.6. The summed E-state index contributed by atoms with van der Waals surface area (Å²) in [6, 6.07) is 5.08. The Kier molecular flexibility index (Phi) is 3.78. The molecule has 1 rings (SSSR count). The summed E-state index contributed by atoms with van der Waals surface area (Å²) in [7, 11) is 0. The van der Waals surface area contributed by atoms with Crippen molar-refractivity contribution in [2.45, 2.75) is 13.3 Å². The van der Waals surface area contributed by atoms with E-state index in [1.165, 1.54) is 0 Å². The van der Waals surface area contributed by atoms with Crippen molar-refractivity contribution >= 4 is 29.2 Å². The third kappa shape index (κ3) is 3.20. The van der Waals surface area contributed by atoms with Gasteiger partial charge in [-0.05, 0) is 30.2 Å². The zero-order valence-electron chi connectivity index (χ0n) is 7.63.